The van der Waals surface area contributed by atoms with Crippen molar-refractivity contribution in [3.05, 3.63) is 56.3 Å². The van der Waals surface area contributed by atoms with Gasteiger partial charge in [0.1, 0.15) is 5.75 Å². The van der Waals surface area contributed by atoms with Crippen LogP contribution in [0.2, 0.25) is 0 Å². The van der Waals surface area contributed by atoms with E-state index in [-0.39, 0.29) is 23.6 Å². The molecule has 0 unspecified atom stereocenters. The Hall–Kier alpha value is -2.35. The van der Waals surface area contributed by atoms with Gasteiger partial charge >= 0.3 is 6.18 Å². The van der Waals surface area contributed by atoms with Gasteiger partial charge in [-0.1, -0.05) is 12.1 Å². The lowest BCUT2D eigenvalue weighted by Crippen LogP contribution is -2.36. The van der Waals surface area contributed by atoms with Gasteiger partial charge in [-0.15, -0.1) is 0 Å². The van der Waals surface area contributed by atoms with Crippen molar-refractivity contribution >= 4 is 0 Å². The number of alkyl halides is 3. The van der Waals surface area contributed by atoms with Crippen LogP contribution in [-0.4, -0.2) is 26.5 Å². The van der Waals surface area contributed by atoms with E-state index in [9.17, 15) is 23.1 Å². The van der Waals surface area contributed by atoms with E-state index in [1.807, 2.05) is 35.9 Å². The molecule has 0 spiro atoms. The molecule has 0 aliphatic carbocycles. The van der Waals surface area contributed by atoms with Gasteiger partial charge in [-0.05, 0) is 30.5 Å². The summed E-state index contributed by atoms with van der Waals surface area (Å²) < 4.78 is 38.2. The number of nitrogens with one attached hydrogen (secondary N) is 1. The molecule has 0 fully saturated rings. The highest BCUT2D eigenvalue weighted by Crippen LogP contribution is 2.27. The molecule has 2 N–H and O–H groups in total. The van der Waals surface area contributed by atoms with E-state index in [1.54, 1.807) is 0 Å². The molecule has 8 heteroatoms. The van der Waals surface area contributed by atoms with E-state index in [0.29, 0.717) is 19.5 Å². The Balaban J connectivity index is 1.83. The van der Waals surface area contributed by atoms with Crippen molar-refractivity contribution in [2.24, 2.45) is 0 Å². The van der Waals surface area contributed by atoms with Gasteiger partial charge in [-0.25, -0.2) is 4.98 Å². The highest BCUT2D eigenvalue weighted by molar-refractivity contribution is 5.42. The zero-order chi connectivity index (χ0) is 18.4. The summed E-state index contributed by atoms with van der Waals surface area (Å²) in [6, 6.07) is 3.74. The third-order valence-electron chi connectivity index (χ3n) is 4.37. The van der Waals surface area contributed by atoms with Crippen molar-refractivity contribution in [2.45, 2.75) is 39.5 Å². The molecular formula is C17H18F3N3O2. The second-order valence-corrected chi connectivity index (χ2v) is 6.38. The number of aromatic hydroxyl groups is 1. The average Bonchev–Trinajstić information content (AvgIpc) is 2.52. The average molecular weight is 353 g/mol. The number of hydrogen-bond acceptors (Lipinski definition) is 4. The van der Waals surface area contributed by atoms with Crippen molar-refractivity contribution in [1.82, 2.24) is 14.9 Å². The van der Waals surface area contributed by atoms with Crippen LogP contribution in [0.4, 0.5) is 13.2 Å². The first-order chi connectivity index (χ1) is 11.6. The number of phenols is 1. The molecule has 2 heterocycles. The summed E-state index contributed by atoms with van der Waals surface area (Å²) in [7, 11) is 0. The number of H-pyrrole nitrogens is 1. The first kappa shape index (κ1) is 17.5. The van der Waals surface area contributed by atoms with Crippen LogP contribution in [0, 0.1) is 13.8 Å². The quantitative estimate of drug-likeness (QED) is 0.871. The van der Waals surface area contributed by atoms with Gasteiger partial charge in [0.05, 0.1) is 11.3 Å². The van der Waals surface area contributed by atoms with Gasteiger partial charge in [0.15, 0.2) is 0 Å². The smallest absolute Gasteiger partial charge is 0.449 e. The summed E-state index contributed by atoms with van der Waals surface area (Å²) in [4.78, 5) is 19.4. The van der Waals surface area contributed by atoms with Crippen molar-refractivity contribution in [3.8, 4) is 5.75 Å². The Morgan fingerprint density at radius 3 is 2.52 bits per heavy atom. The molecule has 3 rings (SSSR count). The molecule has 1 aromatic heterocycles. The number of hydrogen-bond donors (Lipinski definition) is 2. The zero-order valence-electron chi connectivity index (χ0n) is 13.9. The van der Waals surface area contributed by atoms with E-state index in [1.165, 1.54) is 0 Å². The largest absolute Gasteiger partial charge is 0.507 e. The number of fused-ring (bicyclic) bond motifs is 1. The van der Waals surface area contributed by atoms with Crippen LogP contribution in [0.5, 0.6) is 5.75 Å². The summed E-state index contributed by atoms with van der Waals surface area (Å²) in [6.45, 7) is 4.92. The Morgan fingerprint density at radius 1 is 1.28 bits per heavy atom. The maximum absolute atomic E-state index is 12.7. The maximum atomic E-state index is 12.7. The Bertz CT molecular complexity index is 851. The number of aromatic nitrogens is 2. The molecule has 1 aliphatic heterocycles. The van der Waals surface area contributed by atoms with Gasteiger partial charge in [0.2, 0.25) is 5.82 Å². The van der Waals surface area contributed by atoms with Gasteiger partial charge in [-0.2, -0.15) is 13.2 Å². The fourth-order valence-corrected chi connectivity index (χ4v) is 3.15. The number of benzene rings is 1. The SMILES string of the molecule is Cc1cc(CN2CCc3nc(C(F)(F)F)[nH]c(=O)c3C2)cc(C)c1O. The second-order valence-electron chi connectivity index (χ2n) is 6.38. The monoisotopic (exact) mass is 353 g/mol. The standard InChI is InChI=1S/C17H18F3N3O2/c1-9-5-11(6-10(2)14(9)24)7-23-4-3-13-12(8-23)15(25)22-16(21-13)17(18,19)20/h5-6,24H,3-4,7-8H2,1-2H3,(H,21,22,25). The zero-order valence-corrected chi connectivity index (χ0v) is 13.9. The fourth-order valence-electron chi connectivity index (χ4n) is 3.15. The van der Waals surface area contributed by atoms with Crippen molar-refractivity contribution < 1.29 is 18.3 Å². The van der Waals surface area contributed by atoms with E-state index in [0.717, 1.165) is 16.7 Å². The Morgan fingerprint density at radius 2 is 1.92 bits per heavy atom. The lowest BCUT2D eigenvalue weighted by Gasteiger charge is -2.28. The number of phenolic OH excluding ortho intramolecular Hbond substituents is 1. The molecule has 0 bridgehead atoms. The van der Waals surface area contributed by atoms with Crippen LogP contribution in [0.1, 0.15) is 33.8 Å². The van der Waals surface area contributed by atoms with Crippen LogP contribution in [0.3, 0.4) is 0 Å². The molecule has 0 radical (unpaired) electrons. The third kappa shape index (κ3) is 3.53. The minimum atomic E-state index is -4.66. The van der Waals surface area contributed by atoms with Crippen LogP contribution >= 0.6 is 0 Å². The molecule has 0 atom stereocenters. The highest BCUT2D eigenvalue weighted by atomic mass is 19.4. The molecule has 25 heavy (non-hydrogen) atoms. The first-order valence-electron chi connectivity index (χ1n) is 7.86. The first-order valence-corrected chi connectivity index (χ1v) is 7.86. The van der Waals surface area contributed by atoms with Gasteiger partial charge < -0.3 is 10.1 Å². The van der Waals surface area contributed by atoms with Crippen molar-refractivity contribution in [2.75, 3.05) is 6.54 Å². The lowest BCUT2D eigenvalue weighted by molar-refractivity contribution is -0.145. The highest BCUT2D eigenvalue weighted by Gasteiger charge is 2.35. The van der Waals surface area contributed by atoms with Crippen molar-refractivity contribution in [1.29, 1.82) is 0 Å². The third-order valence-corrected chi connectivity index (χ3v) is 4.37. The number of aromatic amines is 1. The maximum Gasteiger partial charge on any atom is 0.449 e. The second kappa shape index (κ2) is 6.18. The summed E-state index contributed by atoms with van der Waals surface area (Å²) >= 11 is 0. The van der Waals surface area contributed by atoms with Crippen LogP contribution in [0.15, 0.2) is 16.9 Å². The van der Waals surface area contributed by atoms with Crippen molar-refractivity contribution in [3.63, 3.8) is 0 Å². The Labute approximate surface area is 142 Å². The van der Waals surface area contributed by atoms with Gasteiger partial charge in [0, 0.05) is 26.1 Å². The summed E-state index contributed by atoms with van der Waals surface area (Å²) in [5.41, 5.74) is 2.27. The molecule has 134 valence electrons. The number of halogens is 3. The molecular weight excluding hydrogens is 335 g/mol. The molecule has 1 aromatic carbocycles. The summed E-state index contributed by atoms with van der Waals surface area (Å²) in [5, 5.41) is 9.84. The van der Waals surface area contributed by atoms with Crippen LogP contribution in [0.25, 0.3) is 0 Å². The molecule has 0 saturated heterocycles. The topological polar surface area (TPSA) is 69.2 Å². The minimum absolute atomic E-state index is 0.213. The van der Waals surface area contributed by atoms with Crippen LogP contribution < -0.4 is 5.56 Å². The normalized spacial score (nSPS) is 15.2. The summed E-state index contributed by atoms with van der Waals surface area (Å²) in [5.74, 6) is -0.984. The van der Waals surface area contributed by atoms with E-state index < -0.39 is 17.6 Å². The molecule has 5 nitrogen and oxygen atoms in total. The predicted octanol–water partition coefficient (Wildman–Crippen LogP) is 2.67. The van der Waals surface area contributed by atoms with E-state index in [2.05, 4.69) is 4.98 Å². The molecule has 0 amide bonds. The Kier molecular flexibility index (Phi) is 4.32. The van der Waals surface area contributed by atoms with E-state index >= 15 is 0 Å². The molecule has 1 aliphatic rings. The van der Waals surface area contributed by atoms with Gasteiger partial charge in [0.25, 0.3) is 5.56 Å². The predicted molar refractivity (Wildman–Crippen MR) is 85.3 cm³/mol. The minimum Gasteiger partial charge on any atom is -0.507 e. The summed E-state index contributed by atoms with van der Waals surface area (Å²) in [6.07, 6.45) is -4.37. The van der Waals surface area contributed by atoms with Crippen LogP contribution in [-0.2, 0) is 25.7 Å². The number of nitrogens with zero attached hydrogens (tertiary/aromatic N) is 2. The molecule has 2 aromatic rings. The number of rotatable bonds is 2. The lowest BCUT2D eigenvalue weighted by atomic mass is 10.0. The van der Waals surface area contributed by atoms with Gasteiger partial charge in [-0.3, -0.25) is 9.69 Å². The number of aryl methyl sites for hydroxylation is 2. The fraction of sp³-hybridized carbons (Fsp3) is 0.412. The molecule has 0 saturated carbocycles. The van der Waals surface area contributed by atoms with E-state index in [4.69, 9.17) is 0 Å².